The van der Waals surface area contributed by atoms with Crippen LogP contribution in [0.15, 0.2) is 18.2 Å². The van der Waals surface area contributed by atoms with E-state index in [1.807, 2.05) is 0 Å². The van der Waals surface area contributed by atoms with Gasteiger partial charge in [0, 0.05) is 12.1 Å². The lowest BCUT2D eigenvalue weighted by atomic mass is 10.1. The van der Waals surface area contributed by atoms with Gasteiger partial charge in [-0.05, 0) is 17.2 Å². The maximum atomic E-state index is 10.4. The van der Waals surface area contributed by atoms with E-state index < -0.39 is 4.92 Å². The van der Waals surface area contributed by atoms with Gasteiger partial charge in [-0.25, -0.2) is 0 Å². The Labute approximate surface area is 68.9 Å². The maximum Gasteiger partial charge on any atom is 0.269 e. The fourth-order valence-corrected chi connectivity index (χ4v) is 1.27. The fourth-order valence-electron chi connectivity index (χ4n) is 1.27. The molecule has 62 valence electrons. The zero-order valence-corrected chi connectivity index (χ0v) is 6.32. The molecule has 0 saturated heterocycles. The van der Waals surface area contributed by atoms with Crippen molar-refractivity contribution >= 4 is 5.69 Å². The SMILES string of the molecule is O=[N+]([O-])c1ccc2c(c1)COC2. The molecule has 4 nitrogen and oxygen atoms in total. The molecule has 0 atom stereocenters. The largest absolute Gasteiger partial charge is 0.372 e. The van der Waals surface area contributed by atoms with Crippen molar-refractivity contribution in [2.45, 2.75) is 13.2 Å². The molecule has 0 saturated carbocycles. The lowest BCUT2D eigenvalue weighted by molar-refractivity contribution is -0.384. The number of rotatable bonds is 1. The van der Waals surface area contributed by atoms with Crippen LogP contribution in [0.2, 0.25) is 0 Å². The highest BCUT2D eigenvalue weighted by Crippen LogP contribution is 2.23. The van der Waals surface area contributed by atoms with E-state index in [0.717, 1.165) is 11.1 Å². The van der Waals surface area contributed by atoms with Crippen molar-refractivity contribution in [1.29, 1.82) is 0 Å². The summed E-state index contributed by atoms with van der Waals surface area (Å²) >= 11 is 0. The second-order valence-corrected chi connectivity index (χ2v) is 2.70. The van der Waals surface area contributed by atoms with Crippen LogP contribution in [0.1, 0.15) is 11.1 Å². The van der Waals surface area contributed by atoms with Gasteiger partial charge in [-0.3, -0.25) is 10.1 Å². The van der Waals surface area contributed by atoms with Gasteiger partial charge in [0.25, 0.3) is 5.69 Å². The Balaban J connectivity index is 2.45. The van der Waals surface area contributed by atoms with Crippen LogP contribution in [-0.4, -0.2) is 4.92 Å². The van der Waals surface area contributed by atoms with Gasteiger partial charge in [0.1, 0.15) is 0 Å². The molecular weight excluding hydrogens is 158 g/mol. The molecule has 0 bridgehead atoms. The number of nitro benzene ring substituents is 1. The first-order valence-corrected chi connectivity index (χ1v) is 3.61. The van der Waals surface area contributed by atoms with Crippen molar-refractivity contribution in [2.24, 2.45) is 0 Å². The van der Waals surface area contributed by atoms with Crippen molar-refractivity contribution in [2.75, 3.05) is 0 Å². The third-order valence-electron chi connectivity index (χ3n) is 1.92. The van der Waals surface area contributed by atoms with Crippen molar-refractivity contribution in [3.05, 3.63) is 39.4 Å². The number of hydrogen-bond acceptors (Lipinski definition) is 3. The number of fused-ring (bicyclic) bond motifs is 1. The summed E-state index contributed by atoms with van der Waals surface area (Å²) in [5, 5.41) is 10.4. The number of non-ortho nitro benzene ring substituents is 1. The molecule has 0 N–H and O–H groups in total. The molecule has 0 amide bonds. The monoisotopic (exact) mass is 165 g/mol. The third-order valence-corrected chi connectivity index (χ3v) is 1.92. The Hall–Kier alpha value is -1.42. The third kappa shape index (κ3) is 1.06. The lowest BCUT2D eigenvalue weighted by Crippen LogP contribution is -1.90. The van der Waals surface area contributed by atoms with Crippen LogP contribution >= 0.6 is 0 Å². The Bertz CT molecular complexity index is 335. The summed E-state index contributed by atoms with van der Waals surface area (Å²) in [7, 11) is 0. The van der Waals surface area contributed by atoms with Crippen LogP contribution < -0.4 is 0 Å². The number of benzene rings is 1. The minimum absolute atomic E-state index is 0.138. The van der Waals surface area contributed by atoms with Gasteiger partial charge in [-0.2, -0.15) is 0 Å². The van der Waals surface area contributed by atoms with E-state index in [-0.39, 0.29) is 5.69 Å². The van der Waals surface area contributed by atoms with E-state index in [0.29, 0.717) is 13.2 Å². The van der Waals surface area contributed by atoms with Crippen molar-refractivity contribution in [1.82, 2.24) is 0 Å². The molecule has 4 heteroatoms. The standard InChI is InChI=1S/C8H7NO3/c10-9(11)8-2-1-6-4-12-5-7(6)3-8/h1-3H,4-5H2. The van der Waals surface area contributed by atoms with Gasteiger partial charge in [0.05, 0.1) is 18.1 Å². The zero-order valence-electron chi connectivity index (χ0n) is 6.32. The van der Waals surface area contributed by atoms with Crippen molar-refractivity contribution in [3.63, 3.8) is 0 Å². The molecule has 0 spiro atoms. The molecule has 1 aliphatic rings. The Morgan fingerprint density at radius 3 is 2.83 bits per heavy atom. The Kier molecular flexibility index (Phi) is 1.55. The number of nitrogens with zero attached hydrogens (tertiary/aromatic N) is 1. The molecule has 1 aromatic carbocycles. The zero-order chi connectivity index (χ0) is 8.55. The molecule has 0 aliphatic carbocycles. The summed E-state index contributed by atoms with van der Waals surface area (Å²) in [5.41, 5.74) is 2.13. The molecular formula is C8H7NO3. The predicted octanol–water partition coefficient (Wildman–Crippen LogP) is 1.62. The minimum Gasteiger partial charge on any atom is -0.372 e. The van der Waals surface area contributed by atoms with E-state index in [4.69, 9.17) is 4.74 Å². The highest BCUT2D eigenvalue weighted by Gasteiger charge is 2.14. The minimum atomic E-state index is -0.390. The average molecular weight is 165 g/mol. The second-order valence-electron chi connectivity index (χ2n) is 2.70. The van der Waals surface area contributed by atoms with Crippen LogP contribution in [0, 0.1) is 10.1 Å². The summed E-state index contributed by atoms with van der Waals surface area (Å²) in [4.78, 5) is 9.98. The van der Waals surface area contributed by atoms with E-state index in [1.165, 1.54) is 6.07 Å². The first kappa shape index (κ1) is 7.24. The maximum absolute atomic E-state index is 10.4. The molecule has 1 aromatic rings. The summed E-state index contributed by atoms with van der Waals surface area (Å²) in [6.07, 6.45) is 0. The van der Waals surface area contributed by atoms with Gasteiger partial charge in [0.15, 0.2) is 0 Å². The van der Waals surface area contributed by atoms with Crippen LogP contribution in [0.5, 0.6) is 0 Å². The molecule has 0 fully saturated rings. The molecule has 1 aliphatic heterocycles. The van der Waals surface area contributed by atoms with Crippen LogP contribution in [0.3, 0.4) is 0 Å². The van der Waals surface area contributed by atoms with Crippen LogP contribution in [0.4, 0.5) is 5.69 Å². The fraction of sp³-hybridized carbons (Fsp3) is 0.250. The molecule has 2 rings (SSSR count). The van der Waals surface area contributed by atoms with Crippen LogP contribution in [0.25, 0.3) is 0 Å². The second kappa shape index (κ2) is 2.57. The quantitative estimate of drug-likeness (QED) is 0.469. The van der Waals surface area contributed by atoms with Crippen LogP contribution in [-0.2, 0) is 18.0 Å². The van der Waals surface area contributed by atoms with Crippen molar-refractivity contribution < 1.29 is 9.66 Å². The van der Waals surface area contributed by atoms with E-state index in [9.17, 15) is 10.1 Å². The van der Waals surface area contributed by atoms with Gasteiger partial charge >= 0.3 is 0 Å². The topological polar surface area (TPSA) is 52.4 Å². The number of ether oxygens (including phenoxy) is 1. The molecule has 0 aromatic heterocycles. The molecule has 0 radical (unpaired) electrons. The van der Waals surface area contributed by atoms with E-state index in [1.54, 1.807) is 12.1 Å². The summed E-state index contributed by atoms with van der Waals surface area (Å²) in [5.74, 6) is 0. The number of nitro groups is 1. The Morgan fingerprint density at radius 1 is 1.33 bits per heavy atom. The van der Waals surface area contributed by atoms with Gasteiger partial charge in [0.2, 0.25) is 0 Å². The molecule has 0 unspecified atom stereocenters. The Morgan fingerprint density at radius 2 is 2.08 bits per heavy atom. The predicted molar refractivity (Wildman–Crippen MR) is 41.6 cm³/mol. The highest BCUT2D eigenvalue weighted by molar-refractivity contribution is 5.40. The normalized spacial score (nSPS) is 14.3. The first-order chi connectivity index (χ1) is 5.77. The lowest BCUT2D eigenvalue weighted by Gasteiger charge is -1.94. The summed E-state index contributed by atoms with van der Waals surface area (Å²) in [6.45, 7) is 1.07. The average Bonchev–Trinajstić information content (AvgIpc) is 2.49. The summed E-state index contributed by atoms with van der Waals surface area (Å²) < 4.78 is 5.13. The highest BCUT2D eigenvalue weighted by atomic mass is 16.6. The van der Waals surface area contributed by atoms with Gasteiger partial charge < -0.3 is 4.74 Å². The smallest absolute Gasteiger partial charge is 0.269 e. The molecule has 1 heterocycles. The number of hydrogen-bond donors (Lipinski definition) is 0. The van der Waals surface area contributed by atoms with Gasteiger partial charge in [-0.15, -0.1) is 0 Å². The molecule has 12 heavy (non-hydrogen) atoms. The first-order valence-electron chi connectivity index (χ1n) is 3.61. The van der Waals surface area contributed by atoms with E-state index >= 15 is 0 Å². The van der Waals surface area contributed by atoms with Crippen molar-refractivity contribution in [3.8, 4) is 0 Å². The van der Waals surface area contributed by atoms with E-state index in [2.05, 4.69) is 0 Å². The van der Waals surface area contributed by atoms with Gasteiger partial charge in [-0.1, -0.05) is 0 Å². The summed E-state index contributed by atoms with van der Waals surface area (Å²) in [6, 6.07) is 4.83.